The van der Waals surface area contributed by atoms with E-state index in [9.17, 15) is 28.3 Å². The number of halogens is 2. The summed E-state index contributed by atoms with van der Waals surface area (Å²) in [6.07, 6.45) is 1.43. The van der Waals surface area contributed by atoms with Crippen molar-refractivity contribution in [2.45, 2.75) is 39.5 Å². The summed E-state index contributed by atoms with van der Waals surface area (Å²) >= 11 is 0. The van der Waals surface area contributed by atoms with Crippen LogP contribution >= 0.6 is 0 Å². The van der Waals surface area contributed by atoms with Gasteiger partial charge < -0.3 is 14.4 Å². The molecule has 2 aromatic heterocycles. The number of hydrogen-bond acceptors (Lipinski definition) is 6. The predicted molar refractivity (Wildman–Crippen MR) is 126 cm³/mol. The number of nitrogens with zero attached hydrogens (tertiary/aromatic N) is 4. The van der Waals surface area contributed by atoms with Crippen LogP contribution in [0, 0.1) is 17.6 Å². The molecule has 1 aliphatic rings. The monoisotopic (exact) mass is 506 g/mol. The van der Waals surface area contributed by atoms with Crippen molar-refractivity contribution in [3.05, 3.63) is 62.1 Å². The summed E-state index contributed by atoms with van der Waals surface area (Å²) in [6.45, 7) is 4.99. The summed E-state index contributed by atoms with van der Waals surface area (Å²) < 4.78 is 37.2. The maximum atomic E-state index is 14.4. The molecule has 0 aliphatic carbocycles. The Morgan fingerprint density at radius 3 is 2.56 bits per heavy atom. The van der Waals surface area contributed by atoms with Crippen molar-refractivity contribution in [1.29, 1.82) is 0 Å². The third-order valence-electron chi connectivity index (χ3n) is 6.01. The molecule has 0 unspecified atom stereocenters. The molecule has 10 nitrogen and oxygen atoms in total. The number of aromatic nitrogens is 3. The number of methoxy groups -OCH3 is 1. The largest absolute Gasteiger partial charge is 0.493 e. The van der Waals surface area contributed by atoms with Gasteiger partial charge in [0.2, 0.25) is 0 Å². The van der Waals surface area contributed by atoms with Crippen LogP contribution in [-0.2, 0) is 25.0 Å². The van der Waals surface area contributed by atoms with Gasteiger partial charge in [-0.2, -0.15) is 0 Å². The molecule has 0 saturated carbocycles. The molecule has 3 aromatic rings. The molecule has 1 amide bonds. The molecule has 1 N–H and O–H groups in total. The Morgan fingerprint density at radius 2 is 1.97 bits per heavy atom. The molecule has 0 bridgehead atoms. The van der Waals surface area contributed by atoms with Gasteiger partial charge in [-0.1, -0.05) is 13.8 Å². The van der Waals surface area contributed by atoms with Crippen molar-refractivity contribution in [2.75, 3.05) is 20.3 Å². The number of carbonyl (C=O) groups is 1. The van der Waals surface area contributed by atoms with Crippen molar-refractivity contribution in [2.24, 2.45) is 13.0 Å². The van der Waals surface area contributed by atoms with Crippen LogP contribution in [0.5, 0.6) is 5.75 Å². The fourth-order valence-electron chi connectivity index (χ4n) is 4.40. The Hall–Kier alpha value is -3.51. The van der Waals surface area contributed by atoms with Gasteiger partial charge in [-0.3, -0.25) is 23.6 Å². The van der Waals surface area contributed by atoms with Crippen molar-refractivity contribution in [3.8, 4) is 5.75 Å². The highest BCUT2D eigenvalue weighted by Gasteiger charge is 2.38. The van der Waals surface area contributed by atoms with Crippen LogP contribution < -0.4 is 16.0 Å². The zero-order valence-corrected chi connectivity index (χ0v) is 20.7. The molecule has 0 spiro atoms. The van der Waals surface area contributed by atoms with Crippen LogP contribution in [0.25, 0.3) is 10.9 Å². The first-order valence-corrected chi connectivity index (χ1v) is 11.4. The highest BCUT2D eigenvalue weighted by molar-refractivity contribution is 6.05. The second-order valence-corrected chi connectivity index (χ2v) is 9.71. The van der Waals surface area contributed by atoms with Gasteiger partial charge >= 0.3 is 5.69 Å². The standard InChI is InChI=1S/C24H28F2N4O6/c1-13(2)8-29-17-10-28(9-14-6-15(25)7-16(26)20(14)35-5)19(18(17)21(31)27(4)23(29)33)22(32)30-11-24(3,34)12-36-30/h6-7,10,13,34H,8-9,11-12H2,1-5H3/t24-/m0/s1. The highest BCUT2D eigenvalue weighted by Crippen LogP contribution is 2.29. The summed E-state index contributed by atoms with van der Waals surface area (Å²) in [5.41, 5.74) is -2.45. The molecule has 1 saturated heterocycles. The van der Waals surface area contributed by atoms with E-state index in [-0.39, 0.29) is 60.1 Å². The first kappa shape index (κ1) is 25.6. The Kier molecular flexibility index (Phi) is 6.52. The van der Waals surface area contributed by atoms with Gasteiger partial charge in [-0.15, -0.1) is 0 Å². The van der Waals surface area contributed by atoms with E-state index in [0.29, 0.717) is 6.07 Å². The number of amides is 1. The molecule has 194 valence electrons. The van der Waals surface area contributed by atoms with Crippen LogP contribution in [0.4, 0.5) is 8.78 Å². The van der Waals surface area contributed by atoms with Crippen LogP contribution in [0.1, 0.15) is 36.8 Å². The molecule has 12 heteroatoms. The summed E-state index contributed by atoms with van der Waals surface area (Å²) in [6, 6.07) is 1.74. The zero-order chi connectivity index (χ0) is 26.5. The number of fused-ring (bicyclic) bond motifs is 1. The van der Waals surface area contributed by atoms with E-state index in [1.165, 1.54) is 36.4 Å². The molecule has 4 rings (SSSR count). The Balaban J connectivity index is 2.01. The van der Waals surface area contributed by atoms with E-state index in [2.05, 4.69) is 0 Å². The van der Waals surface area contributed by atoms with E-state index in [1.54, 1.807) is 0 Å². The predicted octanol–water partition coefficient (Wildman–Crippen LogP) is 1.63. The van der Waals surface area contributed by atoms with Crippen molar-refractivity contribution < 1.29 is 28.3 Å². The molecule has 1 fully saturated rings. The van der Waals surface area contributed by atoms with Gasteiger partial charge in [-0.25, -0.2) is 18.6 Å². The summed E-state index contributed by atoms with van der Waals surface area (Å²) in [5, 5.41) is 11.2. The maximum absolute atomic E-state index is 14.4. The number of β-amino-alcohol motifs (C(OH)–C–C–N with tert-alkyl or cyclic N) is 1. The molecular weight excluding hydrogens is 478 g/mol. The van der Waals surface area contributed by atoms with Gasteiger partial charge in [0.25, 0.3) is 11.5 Å². The van der Waals surface area contributed by atoms with E-state index in [1.807, 2.05) is 13.8 Å². The van der Waals surface area contributed by atoms with Crippen LogP contribution in [-0.4, -0.2) is 55.6 Å². The normalized spacial score (nSPS) is 18.0. The smallest absolute Gasteiger partial charge is 0.331 e. The minimum Gasteiger partial charge on any atom is -0.493 e. The first-order chi connectivity index (χ1) is 16.8. The minimum atomic E-state index is -1.30. The van der Waals surface area contributed by atoms with Gasteiger partial charge in [0.1, 0.15) is 23.7 Å². The SMILES string of the molecule is COc1c(F)cc(F)cc1Cn1cc2c(c1C(=O)N1C[C@](C)(O)CO1)c(=O)n(C)c(=O)n2CC(C)C. The molecule has 1 aliphatic heterocycles. The molecule has 36 heavy (non-hydrogen) atoms. The van der Waals surface area contributed by atoms with E-state index in [0.717, 1.165) is 15.7 Å². The Morgan fingerprint density at radius 1 is 1.28 bits per heavy atom. The molecular formula is C24H28F2N4O6. The quantitative estimate of drug-likeness (QED) is 0.545. The van der Waals surface area contributed by atoms with E-state index < -0.39 is 34.4 Å². The summed E-state index contributed by atoms with van der Waals surface area (Å²) in [4.78, 5) is 45.3. The van der Waals surface area contributed by atoms with Gasteiger partial charge in [0.05, 0.1) is 31.1 Å². The topological polar surface area (TPSA) is 108 Å². The molecule has 1 aromatic carbocycles. The number of benzene rings is 1. The van der Waals surface area contributed by atoms with E-state index in [4.69, 9.17) is 9.57 Å². The van der Waals surface area contributed by atoms with E-state index >= 15 is 0 Å². The number of hydrogen-bond donors (Lipinski definition) is 1. The number of carbonyl (C=O) groups excluding carboxylic acids is 1. The van der Waals surface area contributed by atoms with Crippen molar-refractivity contribution >= 4 is 16.8 Å². The first-order valence-electron chi connectivity index (χ1n) is 11.4. The lowest BCUT2D eigenvalue weighted by Crippen LogP contribution is -2.40. The lowest BCUT2D eigenvalue weighted by Gasteiger charge is -2.18. The number of aliphatic hydroxyl groups is 1. The lowest BCUT2D eigenvalue weighted by atomic mass is 10.1. The summed E-state index contributed by atoms with van der Waals surface area (Å²) in [5.74, 6) is -2.71. The van der Waals surface area contributed by atoms with Gasteiger partial charge in [0.15, 0.2) is 11.6 Å². The summed E-state index contributed by atoms with van der Waals surface area (Å²) in [7, 11) is 2.54. The van der Waals surface area contributed by atoms with Crippen LogP contribution in [0.2, 0.25) is 0 Å². The van der Waals surface area contributed by atoms with Crippen molar-refractivity contribution in [3.63, 3.8) is 0 Å². The molecule has 1 atom stereocenters. The fraction of sp³-hybridized carbons (Fsp3) is 0.458. The fourth-order valence-corrected chi connectivity index (χ4v) is 4.40. The number of ether oxygens (including phenoxy) is 1. The molecule has 3 heterocycles. The number of hydroxylamine groups is 2. The second-order valence-electron chi connectivity index (χ2n) is 9.71. The van der Waals surface area contributed by atoms with Crippen molar-refractivity contribution in [1.82, 2.24) is 18.8 Å². The molecule has 0 radical (unpaired) electrons. The average molecular weight is 507 g/mol. The minimum absolute atomic E-state index is 0.0281. The third kappa shape index (κ3) is 4.42. The van der Waals surface area contributed by atoms with Crippen LogP contribution in [0.3, 0.4) is 0 Å². The Labute approximate surface area is 204 Å². The number of rotatable bonds is 6. The van der Waals surface area contributed by atoms with Gasteiger partial charge in [0, 0.05) is 31.4 Å². The lowest BCUT2D eigenvalue weighted by molar-refractivity contribution is -0.0801. The maximum Gasteiger partial charge on any atom is 0.331 e. The third-order valence-corrected chi connectivity index (χ3v) is 6.01. The average Bonchev–Trinajstić information content (AvgIpc) is 3.34. The second kappa shape index (κ2) is 9.17. The Bertz CT molecular complexity index is 1470. The highest BCUT2D eigenvalue weighted by atomic mass is 19.1. The van der Waals surface area contributed by atoms with Crippen LogP contribution in [0.15, 0.2) is 27.9 Å². The van der Waals surface area contributed by atoms with Gasteiger partial charge in [-0.05, 0) is 18.9 Å². The zero-order valence-electron chi connectivity index (χ0n) is 20.7.